The van der Waals surface area contributed by atoms with Gasteiger partial charge in [0.05, 0.1) is 11.1 Å². The molecule has 21 heavy (non-hydrogen) atoms. The van der Waals surface area contributed by atoms with Crippen LogP contribution < -0.4 is 4.83 Å². The van der Waals surface area contributed by atoms with Crippen LogP contribution in [0.2, 0.25) is 0 Å². The van der Waals surface area contributed by atoms with E-state index >= 15 is 0 Å². The van der Waals surface area contributed by atoms with Crippen molar-refractivity contribution in [3.63, 3.8) is 0 Å². The van der Waals surface area contributed by atoms with Crippen LogP contribution in [0.15, 0.2) is 52.5 Å². The Balaban J connectivity index is 2.12. The summed E-state index contributed by atoms with van der Waals surface area (Å²) in [5, 5.41) is 3.53. The van der Waals surface area contributed by atoms with Crippen LogP contribution in [0, 0.1) is 18.6 Å². The third kappa shape index (κ3) is 3.85. The van der Waals surface area contributed by atoms with Crippen LogP contribution in [0.3, 0.4) is 0 Å². The number of hydrogen-bond donors (Lipinski definition) is 1. The van der Waals surface area contributed by atoms with E-state index in [1.165, 1.54) is 18.2 Å². The Labute approximate surface area is 121 Å². The normalized spacial score (nSPS) is 11.8. The lowest BCUT2D eigenvalue weighted by Gasteiger charge is -2.03. The maximum absolute atomic E-state index is 13.0. The second kappa shape index (κ2) is 6.01. The summed E-state index contributed by atoms with van der Waals surface area (Å²) in [6.45, 7) is 1.84. The third-order valence-corrected chi connectivity index (χ3v) is 3.90. The maximum atomic E-state index is 13.0. The fourth-order valence-electron chi connectivity index (χ4n) is 1.53. The molecule has 0 amide bonds. The first-order chi connectivity index (χ1) is 9.88. The van der Waals surface area contributed by atoms with Crippen molar-refractivity contribution >= 4 is 16.2 Å². The molecule has 0 aliphatic carbocycles. The lowest BCUT2D eigenvalue weighted by Crippen LogP contribution is -2.18. The Bertz CT molecular complexity index is 772. The number of sulfonamides is 1. The van der Waals surface area contributed by atoms with Gasteiger partial charge in [0, 0.05) is 0 Å². The number of hydrazone groups is 1. The molecule has 0 radical (unpaired) electrons. The van der Waals surface area contributed by atoms with Crippen molar-refractivity contribution in [3.8, 4) is 0 Å². The summed E-state index contributed by atoms with van der Waals surface area (Å²) >= 11 is 0. The first-order valence-electron chi connectivity index (χ1n) is 5.95. The predicted molar refractivity (Wildman–Crippen MR) is 75.5 cm³/mol. The number of halogens is 2. The number of nitrogens with one attached hydrogen (secondary N) is 1. The van der Waals surface area contributed by atoms with E-state index in [2.05, 4.69) is 5.10 Å². The van der Waals surface area contributed by atoms with Gasteiger partial charge < -0.3 is 0 Å². The molecule has 0 aliphatic heterocycles. The van der Waals surface area contributed by atoms with Crippen molar-refractivity contribution < 1.29 is 17.2 Å². The average Bonchev–Trinajstić information content (AvgIpc) is 2.43. The SMILES string of the molecule is Cc1ccc(S(=O)(=O)NN=Cc2ccc(F)c(F)c2)cc1. The lowest BCUT2D eigenvalue weighted by atomic mass is 10.2. The van der Waals surface area contributed by atoms with Crippen LogP contribution >= 0.6 is 0 Å². The molecule has 2 aromatic carbocycles. The van der Waals surface area contributed by atoms with Crippen molar-refractivity contribution in [1.82, 2.24) is 4.83 Å². The van der Waals surface area contributed by atoms with Gasteiger partial charge in [0.25, 0.3) is 10.0 Å². The Morgan fingerprint density at radius 2 is 1.71 bits per heavy atom. The Morgan fingerprint density at radius 1 is 1.05 bits per heavy atom. The zero-order chi connectivity index (χ0) is 15.5. The first-order valence-corrected chi connectivity index (χ1v) is 7.43. The van der Waals surface area contributed by atoms with Gasteiger partial charge in [-0.3, -0.25) is 0 Å². The smallest absolute Gasteiger partial charge is 0.204 e. The van der Waals surface area contributed by atoms with Crippen LogP contribution in [0.4, 0.5) is 8.78 Å². The largest absolute Gasteiger partial charge is 0.276 e. The van der Waals surface area contributed by atoms with E-state index < -0.39 is 21.7 Å². The minimum absolute atomic E-state index is 0.0653. The van der Waals surface area contributed by atoms with E-state index in [4.69, 9.17) is 0 Å². The van der Waals surface area contributed by atoms with Gasteiger partial charge in [0.2, 0.25) is 0 Å². The van der Waals surface area contributed by atoms with Gasteiger partial charge in [-0.25, -0.2) is 13.6 Å². The van der Waals surface area contributed by atoms with Gasteiger partial charge in [-0.05, 0) is 36.8 Å². The van der Waals surface area contributed by atoms with Crippen LogP contribution in [0.1, 0.15) is 11.1 Å². The molecular formula is C14H12F2N2O2S. The van der Waals surface area contributed by atoms with Gasteiger partial charge in [-0.1, -0.05) is 23.8 Å². The van der Waals surface area contributed by atoms with Crippen molar-refractivity contribution in [2.75, 3.05) is 0 Å². The van der Waals surface area contributed by atoms with E-state index in [0.717, 1.165) is 23.9 Å². The van der Waals surface area contributed by atoms with Crippen molar-refractivity contribution in [2.24, 2.45) is 5.10 Å². The van der Waals surface area contributed by atoms with Crippen molar-refractivity contribution in [2.45, 2.75) is 11.8 Å². The molecule has 0 atom stereocenters. The Kier molecular flexibility index (Phi) is 4.32. The molecule has 2 aromatic rings. The van der Waals surface area contributed by atoms with Gasteiger partial charge in [-0.2, -0.15) is 13.5 Å². The second-order valence-electron chi connectivity index (χ2n) is 4.34. The fourth-order valence-corrected chi connectivity index (χ4v) is 2.32. The highest BCUT2D eigenvalue weighted by Gasteiger charge is 2.11. The van der Waals surface area contributed by atoms with Crippen LogP contribution in [-0.2, 0) is 10.0 Å². The van der Waals surface area contributed by atoms with E-state index in [9.17, 15) is 17.2 Å². The molecule has 2 rings (SSSR count). The topological polar surface area (TPSA) is 58.5 Å². The zero-order valence-corrected chi connectivity index (χ0v) is 11.9. The lowest BCUT2D eigenvalue weighted by molar-refractivity contribution is 0.508. The number of benzene rings is 2. The first kappa shape index (κ1) is 15.1. The molecule has 0 aromatic heterocycles. The summed E-state index contributed by atoms with van der Waals surface area (Å²) in [6.07, 6.45) is 1.09. The van der Waals surface area contributed by atoms with E-state index in [-0.39, 0.29) is 10.5 Å². The molecule has 1 N–H and O–H groups in total. The Hall–Kier alpha value is -2.28. The third-order valence-electron chi connectivity index (χ3n) is 2.66. The van der Waals surface area contributed by atoms with Crippen molar-refractivity contribution in [3.05, 3.63) is 65.2 Å². The van der Waals surface area contributed by atoms with Crippen LogP contribution in [-0.4, -0.2) is 14.6 Å². The number of hydrogen-bond acceptors (Lipinski definition) is 3. The highest BCUT2D eigenvalue weighted by atomic mass is 32.2. The molecule has 0 spiro atoms. The maximum Gasteiger partial charge on any atom is 0.276 e. The number of aryl methyl sites for hydroxylation is 1. The minimum atomic E-state index is -3.78. The summed E-state index contributed by atoms with van der Waals surface area (Å²) in [5.41, 5.74) is 1.17. The molecule has 4 nitrogen and oxygen atoms in total. The number of nitrogens with zero attached hydrogens (tertiary/aromatic N) is 1. The van der Waals surface area contributed by atoms with Gasteiger partial charge in [-0.15, -0.1) is 0 Å². The quantitative estimate of drug-likeness (QED) is 0.697. The van der Waals surface area contributed by atoms with Crippen LogP contribution in [0.25, 0.3) is 0 Å². The molecule has 110 valence electrons. The molecule has 0 unspecified atom stereocenters. The molecular weight excluding hydrogens is 298 g/mol. The molecule has 0 saturated heterocycles. The monoisotopic (exact) mass is 310 g/mol. The standard InChI is InChI=1S/C14H12F2N2O2S/c1-10-2-5-12(6-3-10)21(19,20)18-17-9-11-4-7-13(15)14(16)8-11/h2-9,18H,1H3. The van der Waals surface area contributed by atoms with Gasteiger partial charge in [0.15, 0.2) is 11.6 Å². The Morgan fingerprint density at radius 3 is 2.33 bits per heavy atom. The summed E-state index contributed by atoms with van der Waals surface area (Å²) in [7, 11) is -3.78. The number of rotatable bonds is 4. The molecule has 0 aliphatic rings. The molecule has 0 heterocycles. The summed E-state index contributed by atoms with van der Waals surface area (Å²) in [5.74, 6) is -2.01. The highest BCUT2D eigenvalue weighted by Crippen LogP contribution is 2.10. The molecule has 0 bridgehead atoms. The summed E-state index contributed by atoms with van der Waals surface area (Å²) in [6, 6.07) is 9.35. The van der Waals surface area contributed by atoms with E-state index in [0.29, 0.717) is 0 Å². The second-order valence-corrected chi connectivity index (χ2v) is 6.00. The molecule has 0 saturated carbocycles. The fraction of sp³-hybridized carbons (Fsp3) is 0.0714. The van der Waals surface area contributed by atoms with E-state index in [1.54, 1.807) is 12.1 Å². The van der Waals surface area contributed by atoms with Gasteiger partial charge in [0.1, 0.15) is 0 Å². The molecule has 7 heteroatoms. The summed E-state index contributed by atoms with van der Waals surface area (Å²) in [4.78, 5) is 2.07. The highest BCUT2D eigenvalue weighted by molar-refractivity contribution is 7.89. The minimum Gasteiger partial charge on any atom is -0.204 e. The average molecular weight is 310 g/mol. The van der Waals surface area contributed by atoms with Crippen molar-refractivity contribution in [1.29, 1.82) is 0 Å². The van der Waals surface area contributed by atoms with Gasteiger partial charge >= 0.3 is 0 Å². The predicted octanol–water partition coefficient (Wildman–Crippen LogP) is 2.59. The summed E-state index contributed by atoms with van der Waals surface area (Å²) < 4.78 is 49.5. The molecule has 0 fully saturated rings. The van der Waals surface area contributed by atoms with Crippen LogP contribution in [0.5, 0.6) is 0 Å². The van der Waals surface area contributed by atoms with E-state index in [1.807, 2.05) is 11.8 Å². The zero-order valence-electron chi connectivity index (χ0n) is 11.0.